The highest BCUT2D eigenvalue weighted by molar-refractivity contribution is 5.96. The smallest absolute Gasteiger partial charge is 0.232 e. The van der Waals surface area contributed by atoms with E-state index in [1.54, 1.807) is 0 Å². The molecule has 1 amide bonds. The molecule has 1 saturated heterocycles. The van der Waals surface area contributed by atoms with Gasteiger partial charge in [0.2, 0.25) is 5.91 Å². The fourth-order valence-corrected chi connectivity index (χ4v) is 4.88. The predicted octanol–water partition coefficient (Wildman–Crippen LogP) is 4.58. The second-order valence-electron chi connectivity index (χ2n) is 10.7. The van der Waals surface area contributed by atoms with E-state index in [0.29, 0.717) is 51.0 Å². The number of aromatic nitrogens is 1. The summed E-state index contributed by atoms with van der Waals surface area (Å²) >= 11 is 0. The molecule has 6 nitrogen and oxygen atoms in total. The van der Waals surface area contributed by atoms with Gasteiger partial charge >= 0.3 is 0 Å². The molecule has 1 aromatic heterocycles. The quantitative estimate of drug-likeness (QED) is 0.497. The summed E-state index contributed by atoms with van der Waals surface area (Å²) in [6.45, 7) is 13.3. The van der Waals surface area contributed by atoms with Gasteiger partial charge in [0.15, 0.2) is 0 Å². The first-order chi connectivity index (χ1) is 15.8. The van der Waals surface area contributed by atoms with E-state index in [9.17, 15) is 9.59 Å². The van der Waals surface area contributed by atoms with Crippen LogP contribution in [0.4, 0.5) is 5.82 Å². The molecular weight excluding hydrogens is 414 g/mol. The second kappa shape index (κ2) is 12.1. The van der Waals surface area contributed by atoms with Gasteiger partial charge in [-0.3, -0.25) is 14.5 Å². The fraction of sp³-hybridized carbons (Fsp3) is 0.741. The molecule has 3 rings (SSSR count). The summed E-state index contributed by atoms with van der Waals surface area (Å²) < 4.78 is 5.65. The molecule has 1 aliphatic heterocycles. The van der Waals surface area contributed by atoms with Gasteiger partial charge in [0.1, 0.15) is 11.6 Å². The van der Waals surface area contributed by atoms with Gasteiger partial charge in [-0.15, -0.1) is 0 Å². The van der Waals surface area contributed by atoms with Gasteiger partial charge in [-0.05, 0) is 62.0 Å². The minimum atomic E-state index is -0.185. The number of amides is 1. The highest BCUT2D eigenvalue weighted by Gasteiger charge is 2.40. The van der Waals surface area contributed by atoms with Crippen LogP contribution in [0.3, 0.4) is 0 Å². The summed E-state index contributed by atoms with van der Waals surface area (Å²) in [6, 6.07) is 4.30. The lowest BCUT2D eigenvalue weighted by Gasteiger charge is -2.33. The Labute approximate surface area is 199 Å². The van der Waals surface area contributed by atoms with E-state index in [1.165, 1.54) is 5.56 Å². The van der Waals surface area contributed by atoms with E-state index in [4.69, 9.17) is 4.74 Å². The molecule has 0 spiro atoms. The number of rotatable bonds is 12. The van der Waals surface area contributed by atoms with Crippen molar-refractivity contribution in [1.82, 2.24) is 10.3 Å². The average molecular weight is 458 g/mol. The molecule has 6 heteroatoms. The van der Waals surface area contributed by atoms with Gasteiger partial charge < -0.3 is 10.1 Å². The van der Waals surface area contributed by atoms with Gasteiger partial charge in [-0.25, -0.2) is 4.98 Å². The third kappa shape index (κ3) is 7.35. The molecule has 2 heterocycles. The summed E-state index contributed by atoms with van der Waals surface area (Å²) in [5, 5.41) is 3.37. The monoisotopic (exact) mass is 457 g/mol. The van der Waals surface area contributed by atoms with Crippen molar-refractivity contribution in [2.45, 2.75) is 78.7 Å². The molecule has 0 aromatic carbocycles. The number of Topliss-reactive ketones (excluding diaryl/α,β-unsaturated/α-hetero) is 1. The van der Waals surface area contributed by atoms with E-state index in [1.807, 2.05) is 24.1 Å². The van der Waals surface area contributed by atoms with Crippen LogP contribution in [0, 0.1) is 23.7 Å². The van der Waals surface area contributed by atoms with Crippen LogP contribution in [0.1, 0.15) is 78.2 Å². The third-order valence-electron chi connectivity index (χ3n) is 6.84. The van der Waals surface area contributed by atoms with E-state index in [2.05, 4.69) is 44.1 Å². The number of carbonyl (C=O) groups excluding carboxylic acids is 2. The number of piperidine rings is 1. The summed E-state index contributed by atoms with van der Waals surface area (Å²) in [4.78, 5) is 33.3. The maximum atomic E-state index is 13.6. The van der Waals surface area contributed by atoms with Crippen molar-refractivity contribution in [3.63, 3.8) is 0 Å². The van der Waals surface area contributed by atoms with Crippen molar-refractivity contribution in [2.75, 3.05) is 31.2 Å². The maximum absolute atomic E-state index is 13.6. The number of nitrogens with zero attached hydrogens (tertiary/aromatic N) is 2. The lowest BCUT2D eigenvalue weighted by molar-refractivity contribution is -0.128. The molecule has 0 unspecified atom stereocenters. The predicted molar refractivity (Wildman–Crippen MR) is 132 cm³/mol. The number of ether oxygens (including phenoxy) is 1. The number of carbonyl (C=O) groups is 2. The van der Waals surface area contributed by atoms with E-state index >= 15 is 0 Å². The van der Waals surface area contributed by atoms with Gasteiger partial charge in [0.25, 0.3) is 0 Å². The Morgan fingerprint density at radius 2 is 1.88 bits per heavy atom. The van der Waals surface area contributed by atoms with E-state index < -0.39 is 0 Å². The lowest BCUT2D eigenvalue weighted by atomic mass is 9.82. The number of ketones is 1. The Balaban J connectivity index is 1.65. The van der Waals surface area contributed by atoms with Gasteiger partial charge in [0, 0.05) is 50.9 Å². The second-order valence-corrected chi connectivity index (χ2v) is 10.7. The summed E-state index contributed by atoms with van der Waals surface area (Å²) in [5.41, 5.74) is 1.18. The molecule has 2 fully saturated rings. The van der Waals surface area contributed by atoms with Crippen LogP contribution in [0.25, 0.3) is 0 Å². The van der Waals surface area contributed by atoms with Crippen LogP contribution >= 0.6 is 0 Å². The first-order valence-corrected chi connectivity index (χ1v) is 12.9. The van der Waals surface area contributed by atoms with Crippen LogP contribution in [0.2, 0.25) is 0 Å². The van der Waals surface area contributed by atoms with Crippen LogP contribution < -0.4 is 10.2 Å². The van der Waals surface area contributed by atoms with Crippen molar-refractivity contribution in [3.8, 4) is 0 Å². The number of hydrogen-bond acceptors (Lipinski definition) is 5. The third-order valence-corrected chi connectivity index (χ3v) is 6.84. The first kappa shape index (κ1) is 25.8. The Morgan fingerprint density at radius 3 is 2.45 bits per heavy atom. The van der Waals surface area contributed by atoms with Crippen molar-refractivity contribution in [1.29, 1.82) is 0 Å². The molecule has 1 N–H and O–H groups in total. The lowest BCUT2D eigenvalue weighted by Crippen LogP contribution is -2.48. The highest BCUT2D eigenvalue weighted by atomic mass is 16.5. The summed E-state index contributed by atoms with van der Waals surface area (Å²) in [7, 11) is 0. The SMILES string of the molecule is CCOC[C@H](CC(=O)[C@@H]1CNC[C@H](C(=O)N(c2ccc(C(C)C)cn2)C2CC2)C1)CC(C)C. The largest absolute Gasteiger partial charge is 0.381 e. The van der Waals surface area contributed by atoms with Crippen LogP contribution in [0.15, 0.2) is 18.3 Å². The normalized spacial score (nSPS) is 21.9. The average Bonchev–Trinajstić information content (AvgIpc) is 3.62. The molecule has 1 aliphatic carbocycles. The fourth-order valence-electron chi connectivity index (χ4n) is 4.88. The van der Waals surface area contributed by atoms with Crippen LogP contribution in [-0.2, 0) is 14.3 Å². The number of anilines is 1. The molecule has 184 valence electrons. The zero-order valence-corrected chi connectivity index (χ0v) is 21.2. The van der Waals surface area contributed by atoms with Gasteiger partial charge in [-0.2, -0.15) is 0 Å². The number of hydrogen-bond donors (Lipinski definition) is 1. The zero-order valence-electron chi connectivity index (χ0n) is 21.2. The summed E-state index contributed by atoms with van der Waals surface area (Å²) in [6.07, 6.45) is 6.09. The Morgan fingerprint density at radius 1 is 1.15 bits per heavy atom. The Kier molecular flexibility index (Phi) is 9.45. The molecular formula is C27H43N3O3. The van der Waals surface area contributed by atoms with Crippen molar-refractivity contribution in [2.24, 2.45) is 23.7 Å². The van der Waals surface area contributed by atoms with Crippen molar-refractivity contribution >= 4 is 17.5 Å². The maximum Gasteiger partial charge on any atom is 0.232 e. The topological polar surface area (TPSA) is 71.5 Å². The molecule has 1 aromatic rings. The molecule has 2 aliphatic rings. The number of nitrogens with one attached hydrogen (secondary N) is 1. The number of pyridine rings is 1. The minimum absolute atomic E-state index is 0.110. The molecule has 1 saturated carbocycles. The molecule has 0 bridgehead atoms. The van der Waals surface area contributed by atoms with E-state index in [0.717, 1.165) is 25.1 Å². The Bertz CT molecular complexity index is 773. The van der Waals surface area contributed by atoms with E-state index in [-0.39, 0.29) is 35.5 Å². The highest BCUT2D eigenvalue weighted by Crippen LogP contribution is 2.34. The first-order valence-electron chi connectivity index (χ1n) is 12.9. The standard InChI is InChI=1S/C27H43N3O3/c1-6-33-17-20(11-18(2)3)12-25(31)22-13-23(15-28-14-22)27(32)30(24-8-9-24)26-10-7-21(16-29-26)19(4)5/h7,10,16,18-20,22-24,28H,6,8-9,11-15,17H2,1-5H3/t20-,22-,23+/m0/s1. The zero-order chi connectivity index (χ0) is 24.0. The van der Waals surface area contributed by atoms with Crippen molar-refractivity contribution in [3.05, 3.63) is 23.9 Å². The molecule has 3 atom stereocenters. The molecule has 33 heavy (non-hydrogen) atoms. The minimum Gasteiger partial charge on any atom is -0.381 e. The van der Waals surface area contributed by atoms with Crippen LogP contribution in [0.5, 0.6) is 0 Å². The van der Waals surface area contributed by atoms with Crippen LogP contribution in [-0.4, -0.2) is 49.0 Å². The summed E-state index contributed by atoms with van der Waals surface area (Å²) in [5.74, 6) is 2.02. The van der Waals surface area contributed by atoms with Gasteiger partial charge in [-0.1, -0.05) is 33.8 Å². The van der Waals surface area contributed by atoms with Gasteiger partial charge in [0.05, 0.1) is 5.92 Å². The van der Waals surface area contributed by atoms with Crippen molar-refractivity contribution < 1.29 is 14.3 Å². The molecule has 0 radical (unpaired) electrons. The Hall–Kier alpha value is -1.79.